The Kier molecular flexibility index (Phi) is 5.48. The summed E-state index contributed by atoms with van der Waals surface area (Å²) in [4.78, 5) is 36.7. The number of amides is 3. The lowest BCUT2D eigenvalue weighted by Crippen LogP contribution is -2.28. The van der Waals surface area contributed by atoms with Crippen LogP contribution >= 0.6 is 0 Å². The molecule has 1 saturated heterocycles. The minimum absolute atomic E-state index is 0.0928. The van der Waals surface area contributed by atoms with Crippen LogP contribution in [0.2, 0.25) is 0 Å². The topological polar surface area (TPSA) is 66.5 Å². The van der Waals surface area contributed by atoms with Crippen LogP contribution < -0.4 is 5.32 Å². The number of halogens is 3. The Balaban J connectivity index is 1.56. The van der Waals surface area contributed by atoms with Gasteiger partial charge in [-0.05, 0) is 35.4 Å². The highest BCUT2D eigenvalue weighted by atomic mass is 19.4. The second kappa shape index (κ2) is 7.84. The van der Waals surface area contributed by atoms with Crippen LogP contribution in [0.15, 0.2) is 48.5 Å². The van der Waals surface area contributed by atoms with Crippen molar-refractivity contribution in [1.82, 2.24) is 10.2 Å². The van der Waals surface area contributed by atoms with Crippen LogP contribution in [-0.2, 0) is 28.9 Å². The van der Waals surface area contributed by atoms with Gasteiger partial charge in [0.15, 0.2) is 0 Å². The second-order valence-corrected chi connectivity index (χ2v) is 6.45. The molecule has 1 N–H and O–H groups in total. The monoisotopic (exact) mass is 390 g/mol. The Morgan fingerprint density at radius 1 is 0.893 bits per heavy atom. The Bertz CT molecular complexity index is 874. The molecule has 0 saturated carbocycles. The third kappa shape index (κ3) is 4.57. The van der Waals surface area contributed by atoms with E-state index in [0.717, 1.165) is 17.7 Å². The van der Waals surface area contributed by atoms with Crippen LogP contribution in [0.3, 0.4) is 0 Å². The van der Waals surface area contributed by atoms with Crippen LogP contribution in [0, 0.1) is 0 Å². The van der Waals surface area contributed by atoms with Gasteiger partial charge in [-0.3, -0.25) is 19.3 Å². The average Bonchev–Trinajstić information content (AvgIpc) is 2.98. The molecule has 2 aromatic carbocycles. The van der Waals surface area contributed by atoms with Crippen LogP contribution in [0.25, 0.3) is 0 Å². The summed E-state index contributed by atoms with van der Waals surface area (Å²) in [6.07, 6.45) is -3.94. The highest BCUT2D eigenvalue weighted by molar-refractivity contribution is 6.01. The molecular weight excluding hydrogens is 373 g/mol. The van der Waals surface area contributed by atoms with Gasteiger partial charge < -0.3 is 5.32 Å². The van der Waals surface area contributed by atoms with E-state index < -0.39 is 11.7 Å². The van der Waals surface area contributed by atoms with Crippen molar-refractivity contribution in [1.29, 1.82) is 0 Å². The smallest absolute Gasteiger partial charge is 0.348 e. The van der Waals surface area contributed by atoms with Crippen molar-refractivity contribution in [3.05, 3.63) is 70.8 Å². The fraction of sp³-hybridized carbons (Fsp3) is 0.250. The number of nitrogens with one attached hydrogen (secondary N) is 1. The van der Waals surface area contributed by atoms with Crippen LogP contribution in [-0.4, -0.2) is 22.6 Å². The lowest BCUT2D eigenvalue weighted by atomic mass is 10.1. The molecular formula is C20H17F3N2O3. The average molecular weight is 390 g/mol. The van der Waals surface area contributed by atoms with E-state index in [1.807, 2.05) is 0 Å². The van der Waals surface area contributed by atoms with E-state index >= 15 is 0 Å². The summed E-state index contributed by atoms with van der Waals surface area (Å²) >= 11 is 0. The minimum atomic E-state index is -4.40. The van der Waals surface area contributed by atoms with Crippen molar-refractivity contribution in [3.8, 4) is 0 Å². The summed E-state index contributed by atoms with van der Waals surface area (Å²) in [6, 6.07) is 11.0. The molecule has 1 aliphatic heterocycles. The molecule has 0 spiro atoms. The fourth-order valence-electron chi connectivity index (χ4n) is 2.84. The number of imide groups is 1. The minimum Gasteiger partial charge on any atom is -0.348 e. The predicted molar refractivity (Wildman–Crippen MR) is 93.8 cm³/mol. The van der Waals surface area contributed by atoms with Gasteiger partial charge in [0.1, 0.15) is 0 Å². The molecule has 8 heteroatoms. The first-order chi connectivity index (χ1) is 13.2. The van der Waals surface area contributed by atoms with Gasteiger partial charge >= 0.3 is 6.18 Å². The molecule has 3 rings (SSSR count). The van der Waals surface area contributed by atoms with Gasteiger partial charge in [-0.2, -0.15) is 13.2 Å². The summed E-state index contributed by atoms with van der Waals surface area (Å²) in [7, 11) is 0. The molecule has 0 unspecified atom stereocenters. The number of carbonyl (C=O) groups is 3. The van der Waals surface area contributed by atoms with Crippen molar-refractivity contribution in [2.45, 2.75) is 32.1 Å². The van der Waals surface area contributed by atoms with Gasteiger partial charge in [0.2, 0.25) is 11.8 Å². The molecule has 1 aliphatic rings. The van der Waals surface area contributed by atoms with Gasteiger partial charge in [0.25, 0.3) is 5.91 Å². The Hall–Kier alpha value is -3.16. The van der Waals surface area contributed by atoms with Gasteiger partial charge in [-0.15, -0.1) is 0 Å². The predicted octanol–water partition coefficient (Wildman–Crippen LogP) is 3.28. The lowest BCUT2D eigenvalue weighted by Gasteiger charge is -2.14. The van der Waals surface area contributed by atoms with E-state index in [2.05, 4.69) is 5.32 Å². The molecule has 3 amide bonds. The molecule has 1 fully saturated rings. The van der Waals surface area contributed by atoms with E-state index in [9.17, 15) is 27.6 Å². The molecule has 1 heterocycles. The normalized spacial score (nSPS) is 14.5. The standard InChI is InChI=1S/C20H17F3N2O3/c21-20(22,23)16-7-3-13(4-8-16)11-24-19(28)15-5-1-14(2-6-15)12-25-17(26)9-10-18(25)27/h1-8H,9-12H2,(H,24,28). The molecule has 146 valence electrons. The van der Waals surface area contributed by atoms with Crippen molar-refractivity contribution in [2.24, 2.45) is 0 Å². The zero-order valence-electron chi connectivity index (χ0n) is 14.8. The highest BCUT2D eigenvalue weighted by Crippen LogP contribution is 2.29. The van der Waals surface area contributed by atoms with Gasteiger partial charge in [0.05, 0.1) is 12.1 Å². The van der Waals surface area contributed by atoms with Gasteiger partial charge in [-0.25, -0.2) is 0 Å². The van der Waals surface area contributed by atoms with E-state index in [1.54, 1.807) is 24.3 Å². The van der Waals surface area contributed by atoms with Crippen molar-refractivity contribution in [3.63, 3.8) is 0 Å². The van der Waals surface area contributed by atoms with Crippen LogP contribution in [0.5, 0.6) is 0 Å². The van der Waals surface area contributed by atoms with E-state index in [1.165, 1.54) is 17.0 Å². The first-order valence-electron chi connectivity index (χ1n) is 8.60. The number of carbonyl (C=O) groups excluding carboxylic acids is 3. The number of nitrogens with zero attached hydrogens (tertiary/aromatic N) is 1. The zero-order chi connectivity index (χ0) is 20.3. The van der Waals surface area contributed by atoms with Gasteiger partial charge in [0, 0.05) is 24.9 Å². The van der Waals surface area contributed by atoms with Crippen molar-refractivity contribution < 1.29 is 27.6 Å². The van der Waals surface area contributed by atoms with Crippen LogP contribution in [0.1, 0.15) is 39.9 Å². The van der Waals surface area contributed by atoms with E-state index in [0.29, 0.717) is 11.1 Å². The number of likely N-dealkylation sites (tertiary alicyclic amines) is 1. The quantitative estimate of drug-likeness (QED) is 0.797. The van der Waals surface area contributed by atoms with E-state index in [-0.39, 0.29) is 43.7 Å². The first-order valence-corrected chi connectivity index (χ1v) is 8.60. The largest absolute Gasteiger partial charge is 0.416 e. The number of alkyl halides is 3. The van der Waals surface area contributed by atoms with Gasteiger partial charge in [-0.1, -0.05) is 24.3 Å². The second-order valence-electron chi connectivity index (χ2n) is 6.45. The third-order valence-corrected chi connectivity index (χ3v) is 4.45. The first kappa shape index (κ1) is 19.6. The molecule has 0 bridgehead atoms. The number of hydrogen-bond donors (Lipinski definition) is 1. The fourth-order valence-corrected chi connectivity index (χ4v) is 2.84. The summed E-state index contributed by atoms with van der Waals surface area (Å²) in [5.41, 5.74) is 0.898. The number of benzene rings is 2. The summed E-state index contributed by atoms with van der Waals surface area (Å²) in [5.74, 6) is -0.786. The van der Waals surface area contributed by atoms with Crippen molar-refractivity contribution in [2.75, 3.05) is 0 Å². The molecule has 0 aromatic heterocycles. The number of rotatable bonds is 5. The Morgan fingerprint density at radius 3 is 1.96 bits per heavy atom. The summed E-state index contributed by atoms with van der Waals surface area (Å²) in [5, 5.41) is 2.64. The molecule has 0 radical (unpaired) electrons. The SMILES string of the molecule is O=C(NCc1ccc(C(F)(F)F)cc1)c1ccc(CN2C(=O)CCC2=O)cc1. The Morgan fingerprint density at radius 2 is 1.43 bits per heavy atom. The zero-order valence-corrected chi connectivity index (χ0v) is 14.8. The Labute approximate surface area is 159 Å². The van der Waals surface area contributed by atoms with Crippen LogP contribution in [0.4, 0.5) is 13.2 Å². The lowest BCUT2D eigenvalue weighted by molar-refractivity contribution is -0.139. The van der Waals surface area contributed by atoms with E-state index in [4.69, 9.17) is 0 Å². The maximum Gasteiger partial charge on any atom is 0.416 e. The molecule has 0 aliphatic carbocycles. The maximum absolute atomic E-state index is 12.5. The third-order valence-electron chi connectivity index (χ3n) is 4.45. The number of hydrogen-bond acceptors (Lipinski definition) is 3. The molecule has 2 aromatic rings. The summed E-state index contributed by atoms with van der Waals surface area (Å²) in [6.45, 7) is 0.265. The maximum atomic E-state index is 12.5. The van der Waals surface area contributed by atoms with Crippen molar-refractivity contribution >= 4 is 17.7 Å². The molecule has 28 heavy (non-hydrogen) atoms. The summed E-state index contributed by atoms with van der Waals surface area (Å²) < 4.78 is 37.6. The molecule has 0 atom stereocenters. The molecule has 5 nitrogen and oxygen atoms in total. The highest BCUT2D eigenvalue weighted by Gasteiger charge is 2.30.